The Balaban J connectivity index is 2.54. The maximum atomic E-state index is 5.45. The minimum atomic E-state index is 0.478. The van der Waals surface area contributed by atoms with Gasteiger partial charge in [-0.3, -0.25) is 0 Å². The third-order valence-corrected chi connectivity index (χ3v) is 4.43. The highest BCUT2D eigenvalue weighted by molar-refractivity contribution is 5.79. The average molecular weight is 352 g/mol. The summed E-state index contributed by atoms with van der Waals surface area (Å²) in [5.74, 6) is 2.13. The average Bonchev–Trinajstić information content (AvgIpc) is 3.08. The second-order valence-electron chi connectivity index (χ2n) is 6.29. The van der Waals surface area contributed by atoms with E-state index in [0.717, 1.165) is 63.0 Å². The maximum Gasteiger partial charge on any atom is 0.191 e. The van der Waals surface area contributed by atoms with Crippen LogP contribution in [-0.4, -0.2) is 48.7 Å². The maximum absolute atomic E-state index is 5.45. The summed E-state index contributed by atoms with van der Waals surface area (Å²) in [5.41, 5.74) is 1.05. The molecule has 0 saturated heterocycles. The van der Waals surface area contributed by atoms with Gasteiger partial charge in [-0.05, 0) is 39.3 Å². The molecule has 0 atom stereocenters. The molecule has 0 bridgehead atoms. The molecule has 0 unspecified atom stereocenters. The molecule has 0 aliphatic carbocycles. The van der Waals surface area contributed by atoms with Gasteiger partial charge in [0.25, 0.3) is 0 Å². The lowest BCUT2D eigenvalue weighted by molar-refractivity contribution is 0.293. The van der Waals surface area contributed by atoms with Crippen LogP contribution in [0, 0.1) is 0 Å². The molecule has 0 fully saturated rings. The van der Waals surface area contributed by atoms with Gasteiger partial charge in [-0.1, -0.05) is 32.9 Å². The van der Waals surface area contributed by atoms with Crippen molar-refractivity contribution in [3.05, 3.63) is 17.5 Å². The van der Waals surface area contributed by atoms with Crippen molar-refractivity contribution in [1.29, 1.82) is 0 Å². The minimum Gasteiger partial charge on any atom is -0.359 e. The van der Waals surface area contributed by atoms with E-state index < -0.39 is 0 Å². The monoisotopic (exact) mass is 351 g/mol. The van der Waals surface area contributed by atoms with Gasteiger partial charge in [0.15, 0.2) is 11.7 Å². The van der Waals surface area contributed by atoms with E-state index in [1.165, 1.54) is 6.42 Å². The number of aromatic nitrogens is 1. The lowest BCUT2D eigenvalue weighted by Gasteiger charge is -2.20. The molecule has 1 rings (SSSR count). The van der Waals surface area contributed by atoms with Gasteiger partial charge >= 0.3 is 0 Å². The number of nitrogens with one attached hydrogen (secondary N) is 2. The number of nitrogens with zero attached hydrogens (tertiary/aromatic N) is 3. The van der Waals surface area contributed by atoms with Crippen LogP contribution in [0.2, 0.25) is 0 Å². The van der Waals surface area contributed by atoms with E-state index in [-0.39, 0.29) is 0 Å². The smallest absolute Gasteiger partial charge is 0.191 e. The van der Waals surface area contributed by atoms with Crippen molar-refractivity contribution in [2.24, 2.45) is 4.99 Å². The Labute approximate surface area is 153 Å². The Hall–Kier alpha value is -1.56. The molecule has 0 aromatic carbocycles. The summed E-state index contributed by atoms with van der Waals surface area (Å²) in [6.07, 6.45) is 3.36. The van der Waals surface area contributed by atoms with Crippen molar-refractivity contribution in [3.8, 4) is 0 Å². The molecule has 0 spiro atoms. The third kappa shape index (κ3) is 7.90. The molecular weight excluding hydrogens is 314 g/mol. The van der Waals surface area contributed by atoms with Gasteiger partial charge in [0.1, 0.15) is 6.54 Å². The first-order chi connectivity index (χ1) is 12.2. The van der Waals surface area contributed by atoms with Gasteiger partial charge in [-0.2, -0.15) is 0 Å². The van der Waals surface area contributed by atoms with Crippen LogP contribution in [0.4, 0.5) is 0 Å². The zero-order valence-corrected chi connectivity index (χ0v) is 16.8. The quantitative estimate of drug-likeness (QED) is 0.446. The topological polar surface area (TPSA) is 65.7 Å². The van der Waals surface area contributed by atoms with Crippen molar-refractivity contribution in [3.63, 3.8) is 0 Å². The molecule has 0 saturated carbocycles. The molecule has 0 radical (unpaired) electrons. The van der Waals surface area contributed by atoms with Crippen molar-refractivity contribution in [2.45, 2.75) is 66.3 Å². The summed E-state index contributed by atoms with van der Waals surface area (Å²) in [6.45, 7) is 16.4. The van der Waals surface area contributed by atoms with Crippen LogP contribution in [0.15, 0.2) is 15.6 Å². The Morgan fingerprint density at radius 3 is 2.52 bits per heavy atom. The second kappa shape index (κ2) is 12.8. The fourth-order valence-electron chi connectivity index (χ4n) is 2.88. The van der Waals surface area contributed by atoms with Crippen LogP contribution in [0.25, 0.3) is 0 Å². The first-order valence-electron chi connectivity index (χ1n) is 9.88. The molecule has 0 amide bonds. The SMILES string of the molecule is CCCN(CC)CCNC(=NCc1cc(C(CC)CC)no1)NCC. The van der Waals surface area contributed by atoms with Gasteiger partial charge in [-0.15, -0.1) is 0 Å². The van der Waals surface area contributed by atoms with Crippen molar-refractivity contribution >= 4 is 5.96 Å². The van der Waals surface area contributed by atoms with Crippen molar-refractivity contribution < 1.29 is 4.52 Å². The van der Waals surface area contributed by atoms with E-state index in [2.05, 4.69) is 60.3 Å². The highest BCUT2D eigenvalue weighted by Crippen LogP contribution is 2.22. The summed E-state index contributed by atoms with van der Waals surface area (Å²) in [7, 11) is 0. The molecule has 0 aliphatic rings. The van der Waals surface area contributed by atoms with E-state index in [9.17, 15) is 0 Å². The highest BCUT2D eigenvalue weighted by atomic mass is 16.5. The van der Waals surface area contributed by atoms with E-state index in [4.69, 9.17) is 4.52 Å². The standard InChI is InChI=1S/C19H37N5O/c1-6-12-24(10-5)13-11-21-19(20-9-4)22-15-17-14-18(23-25-17)16(7-2)8-3/h14,16H,6-13,15H2,1-5H3,(H2,20,21,22). The molecule has 0 aliphatic heterocycles. The van der Waals surface area contributed by atoms with Crippen LogP contribution >= 0.6 is 0 Å². The first-order valence-corrected chi connectivity index (χ1v) is 9.88. The first kappa shape index (κ1) is 21.5. The van der Waals surface area contributed by atoms with Gasteiger partial charge in [0, 0.05) is 31.6 Å². The largest absolute Gasteiger partial charge is 0.359 e. The highest BCUT2D eigenvalue weighted by Gasteiger charge is 2.12. The number of likely N-dealkylation sites (N-methyl/N-ethyl adjacent to an activating group) is 1. The number of rotatable bonds is 12. The van der Waals surface area contributed by atoms with E-state index >= 15 is 0 Å². The van der Waals surface area contributed by atoms with Gasteiger partial charge in [0.2, 0.25) is 0 Å². The summed E-state index contributed by atoms with van der Waals surface area (Å²) >= 11 is 0. The van der Waals surface area contributed by atoms with Crippen LogP contribution in [0.5, 0.6) is 0 Å². The predicted molar refractivity (Wildman–Crippen MR) is 105 cm³/mol. The molecule has 1 aromatic rings. The molecule has 144 valence electrons. The van der Waals surface area contributed by atoms with Crippen molar-refractivity contribution in [1.82, 2.24) is 20.7 Å². The molecule has 2 N–H and O–H groups in total. The zero-order valence-electron chi connectivity index (χ0n) is 16.8. The minimum absolute atomic E-state index is 0.478. The number of hydrogen-bond donors (Lipinski definition) is 2. The Morgan fingerprint density at radius 1 is 1.16 bits per heavy atom. The number of aliphatic imine (C=N–C) groups is 1. The fourth-order valence-corrected chi connectivity index (χ4v) is 2.88. The lowest BCUT2D eigenvalue weighted by atomic mass is 9.99. The summed E-state index contributed by atoms with van der Waals surface area (Å²) in [4.78, 5) is 7.06. The summed E-state index contributed by atoms with van der Waals surface area (Å²) in [6, 6.07) is 2.05. The predicted octanol–water partition coefficient (Wildman–Crippen LogP) is 3.37. The molecule has 6 heteroatoms. The molecule has 25 heavy (non-hydrogen) atoms. The van der Waals surface area contributed by atoms with Crippen LogP contribution in [0.3, 0.4) is 0 Å². The van der Waals surface area contributed by atoms with Crippen LogP contribution in [-0.2, 0) is 6.54 Å². The second-order valence-corrected chi connectivity index (χ2v) is 6.29. The number of hydrogen-bond acceptors (Lipinski definition) is 4. The van der Waals surface area contributed by atoms with E-state index in [1.54, 1.807) is 0 Å². The Kier molecular flexibility index (Phi) is 11.0. The molecule has 1 heterocycles. The summed E-state index contributed by atoms with van der Waals surface area (Å²) < 4.78 is 5.45. The molecule has 1 aromatic heterocycles. The van der Waals surface area contributed by atoms with Gasteiger partial charge in [-0.25, -0.2) is 4.99 Å². The van der Waals surface area contributed by atoms with Crippen LogP contribution < -0.4 is 10.6 Å². The number of guanidine groups is 1. The van der Waals surface area contributed by atoms with Crippen molar-refractivity contribution in [2.75, 3.05) is 32.7 Å². The van der Waals surface area contributed by atoms with E-state index in [0.29, 0.717) is 12.5 Å². The third-order valence-electron chi connectivity index (χ3n) is 4.43. The molecule has 6 nitrogen and oxygen atoms in total. The lowest BCUT2D eigenvalue weighted by Crippen LogP contribution is -2.41. The zero-order chi connectivity index (χ0) is 18.5. The Bertz CT molecular complexity index is 482. The van der Waals surface area contributed by atoms with Crippen LogP contribution in [0.1, 0.15) is 71.3 Å². The molecular formula is C19H37N5O. The van der Waals surface area contributed by atoms with Gasteiger partial charge < -0.3 is 20.1 Å². The van der Waals surface area contributed by atoms with E-state index in [1.807, 2.05) is 6.07 Å². The Morgan fingerprint density at radius 2 is 1.92 bits per heavy atom. The van der Waals surface area contributed by atoms with Gasteiger partial charge in [0.05, 0.1) is 5.69 Å². The normalized spacial score (nSPS) is 12.2. The summed E-state index contributed by atoms with van der Waals surface area (Å²) in [5, 5.41) is 10.9. The fraction of sp³-hybridized carbons (Fsp3) is 0.789.